The molecule has 1 heterocycles. The van der Waals surface area contributed by atoms with Crippen LogP contribution in [0, 0.1) is 0 Å². The third kappa shape index (κ3) is 1.75. The van der Waals surface area contributed by atoms with E-state index >= 15 is 0 Å². The van der Waals surface area contributed by atoms with Gasteiger partial charge in [0.15, 0.2) is 0 Å². The first-order valence-corrected chi connectivity index (χ1v) is 5.01. The van der Waals surface area contributed by atoms with Crippen LogP contribution in [-0.4, -0.2) is 5.78 Å². The van der Waals surface area contributed by atoms with E-state index in [4.69, 9.17) is 4.42 Å². The zero-order valence-electron chi connectivity index (χ0n) is 7.05. The first-order chi connectivity index (χ1) is 6.27. The Morgan fingerprint density at radius 1 is 1.38 bits per heavy atom. The quantitative estimate of drug-likeness (QED) is 0.755. The smallest absolute Gasteiger partial charge is 0.143 e. The molecule has 0 amide bonds. The number of allylic oxidation sites excluding steroid dienone is 2. The Labute approximate surface area is 84.7 Å². The molecule has 0 bridgehead atoms. The van der Waals surface area contributed by atoms with Crippen LogP contribution in [0.3, 0.4) is 0 Å². The minimum absolute atomic E-state index is 0.312. The van der Waals surface area contributed by atoms with Crippen molar-refractivity contribution in [3.63, 3.8) is 0 Å². The Kier molecular flexibility index (Phi) is 2.36. The monoisotopic (exact) mass is 240 g/mol. The van der Waals surface area contributed by atoms with Crippen molar-refractivity contribution in [2.24, 2.45) is 0 Å². The van der Waals surface area contributed by atoms with Crippen molar-refractivity contribution in [2.45, 2.75) is 19.3 Å². The SMILES string of the molecule is O=C1CC=C(c2occc2Br)CC1. The summed E-state index contributed by atoms with van der Waals surface area (Å²) in [7, 11) is 0. The zero-order valence-corrected chi connectivity index (χ0v) is 8.63. The first kappa shape index (κ1) is 8.75. The van der Waals surface area contributed by atoms with Gasteiger partial charge in [0.2, 0.25) is 0 Å². The highest BCUT2D eigenvalue weighted by Gasteiger charge is 2.15. The summed E-state index contributed by atoms with van der Waals surface area (Å²) in [6.07, 6.45) is 5.58. The van der Waals surface area contributed by atoms with Crippen LogP contribution in [0.1, 0.15) is 25.0 Å². The second-order valence-electron chi connectivity index (χ2n) is 3.07. The summed E-state index contributed by atoms with van der Waals surface area (Å²) < 4.78 is 6.28. The summed E-state index contributed by atoms with van der Waals surface area (Å²) in [6, 6.07) is 1.87. The van der Waals surface area contributed by atoms with Gasteiger partial charge in [-0.3, -0.25) is 4.79 Å². The van der Waals surface area contributed by atoms with E-state index in [0.717, 1.165) is 22.2 Å². The van der Waals surface area contributed by atoms with Gasteiger partial charge in [0, 0.05) is 12.8 Å². The average molecular weight is 241 g/mol. The maximum atomic E-state index is 11.0. The van der Waals surface area contributed by atoms with Gasteiger partial charge in [-0.15, -0.1) is 0 Å². The molecule has 0 atom stereocenters. The van der Waals surface area contributed by atoms with Crippen LogP contribution in [0.15, 0.2) is 27.3 Å². The van der Waals surface area contributed by atoms with Crippen LogP contribution in [0.25, 0.3) is 5.57 Å². The number of furan rings is 1. The summed E-state index contributed by atoms with van der Waals surface area (Å²) in [5.74, 6) is 1.18. The molecular formula is C10H9BrO2. The molecule has 0 aromatic carbocycles. The third-order valence-electron chi connectivity index (χ3n) is 2.16. The number of halogens is 1. The number of hydrogen-bond acceptors (Lipinski definition) is 2. The standard InChI is InChI=1S/C10H9BrO2/c11-9-5-6-13-10(9)7-1-3-8(12)4-2-7/h1,5-6H,2-4H2. The molecule has 0 fully saturated rings. The van der Waals surface area contributed by atoms with Crippen LogP contribution < -0.4 is 0 Å². The van der Waals surface area contributed by atoms with Crippen LogP contribution in [0.2, 0.25) is 0 Å². The van der Waals surface area contributed by atoms with Crippen LogP contribution in [0.5, 0.6) is 0 Å². The molecule has 1 aromatic heterocycles. The minimum Gasteiger partial charge on any atom is -0.463 e. The van der Waals surface area contributed by atoms with E-state index in [0.29, 0.717) is 18.6 Å². The predicted molar refractivity (Wildman–Crippen MR) is 53.2 cm³/mol. The number of rotatable bonds is 1. The van der Waals surface area contributed by atoms with Gasteiger partial charge in [-0.25, -0.2) is 0 Å². The molecule has 0 saturated carbocycles. The lowest BCUT2D eigenvalue weighted by molar-refractivity contribution is -0.118. The number of Topliss-reactive ketones (excluding diaryl/α,β-unsaturated/α-hetero) is 1. The van der Waals surface area contributed by atoms with E-state index in [2.05, 4.69) is 15.9 Å². The lowest BCUT2D eigenvalue weighted by atomic mass is 9.97. The first-order valence-electron chi connectivity index (χ1n) is 4.21. The lowest BCUT2D eigenvalue weighted by Gasteiger charge is -2.09. The number of carbonyl (C=O) groups is 1. The fourth-order valence-corrected chi connectivity index (χ4v) is 1.90. The fraction of sp³-hybridized carbons (Fsp3) is 0.300. The summed E-state index contributed by atoms with van der Waals surface area (Å²) in [4.78, 5) is 11.0. The zero-order chi connectivity index (χ0) is 9.26. The van der Waals surface area contributed by atoms with Crippen LogP contribution in [-0.2, 0) is 4.79 Å². The van der Waals surface area contributed by atoms with Crippen molar-refractivity contribution >= 4 is 27.3 Å². The summed E-state index contributed by atoms with van der Waals surface area (Å²) in [5, 5.41) is 0. The summed E-state index contributed by atoms with van der Waals surface area (Å²) in [6.45, 7) is 0. The third-order valence-corrected chi connectivity index (χ3v) is 2.78. The van der Waals surface area contributed by atoms with Gasteiger partial charge in [0.25, 0.3) is 0 Å². The maximum Gasteiger partial charge on any atom is 0.143 e. The Hall–Kier alpha value is -0.830. The molecular weight excluding hydrogens is 232 g/mol. The average Bonchev–Trinajstić information content (AvgIpc) is 2.53. The largest absolute Gasteiger partial charge is 0.463 e. The van der Waals surface area contributed by atoms with Gasteiger partial charge in [0.1, 0.15) is 11.5 Å². The Morgan fingerprint density at radius 3 is 2.77 bits per heavy atom. The molecule has 2 rings (SSSR count). The van der Waals surface area contributed by atoms with E-state index in [1.807, 2.05) is 12.1 Å². The molecule has 0 radical (unpaired) electrons. The van der Waals surface area contributed by atoms with Crippen molar-refractivity contribution in [2.75, 3.05) is 0 Å². The van der Waals surface area contributed by atoms with Gasteiger partial charge >= 0.3 is 0 Å². The second-order valence-corrected chi connectivity index (χ2v) is 3.92. The fourth-order valence-electron chi connectivity index (χ4n) is 1.44. The van der Waals surface area contributed by atoms with Crippen LogP contribution >= 0.6 is 15.9 Å². The van der Waals surface area contributed by atoms with Crippen molar-refractivity contribution in [1.82, 2.24) is 0 Å². The van der Waals surface area contributed by atoms with Crippen molar-refractivity contribution in [3.8, 4) is 0 Å². The van der Waals surface area contributed by atoms with Crippen molar-refractivity contribution in [1.29, 1.82) is 0 Å². The molecule has 68 valence electrons. The normalized spacial score (nSPS) is 17.3. The van der Waals surface area contributed by atoms with Crippen LogP contribution in [0.4, 0.5) is 0 Å². The predicted octanol–water partition coefficient (Wildman–Crippen LogP) is 3.18. The molecule has 0 unspecified atom stereocenters. The lowest BCUT2D eigenvalue weighted by Crippen LogP contribution is -2.02. The van der Waals surface area contributed by atoms with Gasteiger partial charge in [-0.1, -0.05) is 6.08 Å². The van der Waals surface area contributed by atoms with Gasteiger partial charge in [-0.05, 0) is 34.0 Å². The Bertz CT molecular complexity index is 363. The molecule has 2 nitrogen and oxygen atoms in total. The van der Waals surface area contributed by atoms with Gasteiger partial charge in [0.05, 0.1) is 10.7 Å². The summed E-state index contributed by atoms with van der Waals surface area (Å²) in [5.41, 5.74) is 1.14. The minimum atomic E-state index is 0.312. The summed E-state index contributed by atoms with van der Waals surface area (Å²) >= 11 is 3.40. The Morgan fingerprint density at radius 2 is 2.23 bits per heavy atom. The molecule has 1 aliphatic carbocycles. The molecule has 0 saturated heterocycles. The number of ketones is 1. The molecule has 13 heavy (non-hydrogen) atoms. The number of hydrogen-bond donors (Lipinski definition) is 0. The maximum absolute atomic E-state index is 11.0. The highest BCUT2D eigenvalue weighted by atomic mass is 79.9. The van der Waals surface area contributed by atoms with Gasteiger partial charge < -0.3 is 4.42 Å². The van der Waals surface area contributed by atoms with Crippen molar-refractivity contribution < 1.29 is 9.21 Å². The highest BCUT2D eigenvalue weighted by molar-refractivity contribution is 9.10. The van der Waals surface area contributed by atoms with E-state index in [1.165, 1.54) is 0 Å². The Balaban J connectivity index is 2.28. The molecule has 1 aromatic rings. The molecule has 0 N–H and O–H groups in total. The van der Waals surface area contributed by atoms with E-state index in [-0.39, 0.29) is 0 Å². The van der Waals surface area contributed by atoms with Crippen molar-refractivity contribution in [3.05, 3.63) is 28.6 Å². The molecule has 3 heteroatoms. The van der Waals surface area contributed by atoms with E-state index in [1.54, 1.807) is 6.26 Å². The second kappa shape index (κ2) is 3.50. The van der Waals surface area contributed by atoms with E-state index in [9.17, 15) is 4.79 Å². The topological polar surface area (TPSA) is 30.2 Å². The molecule has 0 spiro atoms. The highest BCUT2D eigenvalue weighted by Crippen LogP contribution is 2.31. The van der Waals surface area contributed by atoms with E-state index < -0.39 is 0 Å². The molecule has 0 aliphatic heterocycles. The molecule has 1 aliphatic rings. The van der Waals surface area contributed by atoms with Gasteiger partial charge in [-0.2, -0.15) is 0 Å². The number of carbonyl (C=O) groups excluding carboxylic acids is 1.